The van der Waals surface area contributed by atoms with E-state index in [4.69, 9.17) is 11.5 Å². The number of benzene rings is 1. The molecule has 13 heteroatoms. The molecule has 4 unspecified atom stereocenters. The SMILES string of the molecule is CC(C)C(NC(=O)C(CS)NC(=O)C(N)CC(N)=O)C(=O)NC(Cc1c[nH]c2ccccc12)C(=O)O. The zero-order valence-corrected chi connectivity index (χ0v) is 20.9. The summed E-state index contributed by atoms with van der Waals surface area (Å²) in [5, 5.41) is 18.0. The Balaban J connectivity index is 2.09. The maximum Gasteiger partial charge on any atom is 0.326 e. The highest BCUT2D eigenvalue weighted by Gasteiger charge is 2.32. The van der Waals surface area contributed by atoms with Gasteiger partial charge in [-0.15, -0.1) is 0 Å². The van der Waals surface area contributed by atoms with Gasteiger partial charge in [0.1, 0.15) is 18.1 Å². The van der Waals surface area contributed by atoms with Crippen LogP contribution in [0.3, 0.4) is 0 Å². The van der Waals surface area contributed by atoms with Crippen LogP contribution < -0.4 is 27.4 Å². The number of thiol groups is 1. The van der Waals surface area contributed by atoms with E-state index in [0.29, 0.717) is 5.56 Å². The predicted octanol–water partition coefficient (Wildman–Crippen LogP) is -0.962. The molecule has 1 aromatic carbocycles. The number of nitrogens with one attached hydrogen (secondary N) is 4. The van der Waals surface area contributed by atoms with Crippen LogP contribution in [-0.4, -0.2) is 69.6 Å². The maximum absolute atomic E-state index is 13.0. The van der Waals surface area contributed by atoms with Crippen LogP contribution in [0.1, 0.15) is 25.8 Å². The summed E-state index contributed by atoms with van der Waals surface area (Å²) >= 11 is 4.07. The second-order valence-corrected chi connectivity index (χ2v) is 9.08. The van der Waals surface area contributed by atoms with Crippen molar-refractivity contribution in [3.63, 3.8) is 0 Å². The summed E-state index contributed by atoms with van der Waals surface area (Å²) in [5.74, 6) is -4.73. The van der Waals surface area contributed by atoms with Gasteiger partial charge in [0.15, 0.2) is 0 Å². The van der Waals surface area contributed by atoms with E-state index in [9.17, 15) is 29.1 Å². The third-order valence-corrected chi connectivity index (χ3v) is 5.90. The van der Waals surface area contributed by atoms with Gasteiger partial charge in [-0.2, -0.15) is 12.6 Å². The van der Waals surface area contributed by atoms with Crippen LogP contribution >= 0.6 is 12.6 Å². The quantitative estimate of drug-likeness (QED) is 0.155. The lowest BCUT2D eigenvalue weighted by molar-refractivity contribution is -0.142. The number of H-pyrrole nitrogens is 1. The van der Waals surface area contributed by atoms with Gasteiger partial charge in [0, 0.05) is 29.3 Å². The summed E-state index contributed by atoms with van der Waals surface area (Å²) in [6.07, 6.45) is 1.31. The number of aliphatic carboxylic acids is 1. The Labute approximate surface area is 213 Å². The molecule has 0 aliphatic rings. The normalized spacial score (nSPS) is 14.5. The monoisotopic (exact) mass is 520 g/mol. The predicted molar refractivity (Wildman–Crippen MR) is 136 cm³/mol. The fourth-order valence-electron chi connectivity index (χ4n) is 3.55. The molecular weight excluding hydrogens is 488 g/mol. The van der Waals surface area contributed by atoms with Crippen molar-refractivity contribution in [3.8, 4) is 0 Å². The minimum Gasteiger partial charge on any atom is -0.480 e. The fraction of sp³-hybridized carbons (Fsp3) is 0.435. The first kappa shape index (κ1) is 28.7. The standard InChI is InChI=1S/C23H32N6O6S/c1-11(2)19(29-21(32)17(10-36)28-20(31)14(24)8-18(25)30)22(33)27-16(23(34)35)7-12-9-26-15-6-4-3-5-13(12)15/h3-6,9,11,14,16-17,19,26,36H,7-8,10,24H2,1-2H3,(H2,25,30)(H,27,33)(H,28,31)(H,29,32)(H,34,35). The molecule has 0 saturated carbocycles. The van der Waals surface area contributed by atoms with E-state index in [1.165, 1.54) is 0 Å². The zero-order chi connectivity index (χ0) is 27.0. The van der Waals surface area contributed by atoms with Crippen LogP contribution in [-0.2, 0) is 30.4 Å². The van der Waals surface area contributed by atoms with E-state index in [0.717, 1.165) is 10.9 Å². The van der Waals surface area contributed by atoms with Crippen molar-refractivity contribution >= 4 is 53.1 Å². The van der Waals surface area contributed by atoms with Gasteiger partial charge in [-0.05, 0) is 17.5 Å². The molecule has 0 spiro atoms. The average Bonchev–Trinajstić information content (AvgIpc) is 3.22. The lowest BCUT2D eigenvalue weighted by Crippen LogP contribution is -2.59. The van der Waals surface area contributed by atoms with E-state index < -0.39 is 66.1 Å². The number of nitrogens with two attached hydrogens (primary N) is 2. The zero-order valence-electron chi connectivity index (χ0n) is 20.0. The number of rotatable bonds is 13. The van der Waals surface area contributed by atoms with Crippen molar-refractivity contribution in [2.24, 2.45) is 17.4 Å². The molecule has 2 rings (SSSR count). The van der Waals surface area contributed by atoms with E-state index in [1.807, 2.05) is 24.3 Å². The summed E-state index contributed by atoms with van der Waals surface area (Å²) in [7, 11) is 0. The maximum atomic E-state index is 13.0. The minimum atomic E-state index is -1.25. The molecule has 0 aliphatic heterocycles. The highest BCUT2D eigenvalue weighted by molar-refractivity contribution is 7.80. The van der Waals surface area contributed by atoms with Gasteiger partial charge >= 0.3 is 5.97 Å². The van der Waals surface area contributed by atoms with Crippen LogP contribution in [0.2, 0.25) is 0 Å². The summed E-state index contributed by atoms with van der Waals surface area (Å²) in [4.78, 5) is 63.9. The number of fused-ring (bicyclic) bond motifs is 1. The molecule has 12 nitrogen and oxygen atoms in total. The Morgan fingerprint density at radius 3 is 2.22 bits per heavy atom. The number of aromatic nitrogens is 1. The number of primary amides is 1. The number of carboxylic acids is 1. The largest absolute Gasteiger partial charge is 0.480 e. The van der Waals surface area contributed by atoms with Crippen LogP contribution in [0.4, 0.5) is 0 Å². The second-order valence-electron chi connectivity index (χ2n) is 8.71. The molecular formula is C23H32N6O6S. The molecule has 0 radical (unpaired) electrons. The Morgan fingerprint density at radius 2 is 1.64 bits per heavy atom. The summed E-state index contributed by atoms with van der Waals surface area (Å²) in [6.45, 7) is 3.36. The number of hydrogen-bond acceptors (Lipinski definition) is 7. The van der Waals surface area contributed by atoms with Crippen LogP contribution in [0.25, 0.3) is 10.9 Å². The van der Waals surface area contributed by atoms with Gasteiger partial charge < -0.3 is 37.5 Å². The van der Waals surface area contributed by atoms with Crippen LogP contribution in [0, 0.1) is 5.92 Å². The molecule has 196 valence electrons. The van der Waals surface area contributed by atoms with Gasteiger partial charge in [0.2, 0.25) is 23.6 Å². The number of aromatic amines is 1. The van der Waals surface area contributed by atoms with Crippen molar-refractivity contribution < 1.29 is 29.1 Å². The first-order chi connectivity index (χ1) is 16.9. The molecule has 4 atom stereocenters. The van der Waals surface area contributed by atoms with E-state index in [1.54, 1.807) is 20.0 Å². The van der Waals surface area contributed by atoms with Crippen molar-refractivity contribution in [2.75, 3.05) is 5.75 Å². The molecule has 0 bridgehead atoms. The summed E-state index contributed by atoms with van der Waals surface area (Å²) in [5.41, 5.74) is 12.2. The first-order valence-corrected chi connectivity index (χ1v) is 11.9. The molecule has 1 heterocycles. The van der Waals surface area contributed by atoms with Gasteiger partial charge in [-0.25, -0.2) is 4.79 Å². The van der Waals surface area contributed by atoms with Crippen molar-refractivity contribution in [1.29, 1.82) is 0 Å². The topological polar surface area (TPSA) is 209 Å². The Hall–Kier alpha value is -3.58. The number of amides is 4. The molecule has 4 amide bonds. The fourth-order valence-corrected chi connectivity index (χ4v) is 3.81. The Morgan fingerprint density at radius 1 is 1.00 bits per heavy atom. The molecule has 0 aliphatic carbocycles. The van der Waals surface area contributed by atoms with E-state index in [-0.39, 0.29) is 12.2 Å². The lowest BCUT2D eigenvalue weighted by Gasteiger charge is -2.26. The van der Waals surface area contributed by atoms with Crippen molar-refractivity contribution in [1.82, 2.24) is 20.9 Å². The first-order valence-electron chi connectivity index (χ1n) is 11.3. The van der Waals surface area contributed by atoms with Crippen molar-refractivity contribution in [3.05, 3.63) is 36.0 Å². The molecule has 0 fully saturated rings. The smallest absolute Gasteiger partial charge is 0.326 e. The molecule has 2 aromatic rings. The number of carbonyl (C=O) groups is 5. The Kier molecular flexibility index (Phi) is 10.3. The third-order valence-electron chi connectivity index (χ3n) is 5.53. The van der Waals surface area contributed by atoms with Crippen LogP contribution in [0.15, 0.2) is 30.5 Å². The third kappa shape index (κ3) is 7.71. The molecule has 36 heavy (non-hydrogen) atoms. The minimum absolute atomic E-state index is 0.0247. The highest BCUT2D eigenvalue weighted by Crippen LogP contribution is 2.19. The molecule has 9 N–H and O–H groups in total. The average molecular weight is 521 g/mol. The van der Waals surface area contributed by atoms with Crippen LogP contribution in [0.5, 0.6) is 0 Å². The highest BCUT2D eigenvalue weighted by atomic mass is 32.1. The molecule has 1 aromatic heterocycles. The molecule has 0 saturated heterocycles. The number of carboxylic acid groups (broad SMARTS) is 1. The number of carbonyl (C=O) groups excluding carboxylic acids is 4. The summed E-state index contributed by atoms with van der Waals surface area (Å²) in [6, 6.07) is 2.63. The second kappa shape index (κ2) is 12.9. The van der Waals surface area contributed by atoms with Gasteiger partial charge in [-0.1, -0.05) is 32.0 Å². The van der Waals surface area contributed by atoms with Gasteiger partial charge in [-0.3, -0.25) is 19.2 Å². The van der Waals surface area contributed by atoms with Crippen molar-refractivity contribution in [2.45, 2.75) is 50.9 Å². The Bertz CT molecular complexity index is 1120. The number of para-hydroxylation sites is 1. The van der Waals surface area contributed by atoms with E-state index >= 15 is 0 Å². The lowest BCUT2D eigenvalue weighted by atomic mass is 10.0. The van der Waals surface area contributed by atoms with Gasteiger partial charge in [0.05, 0.1) is 12.5 Å². The van der Waals surface area contributed by atoms with Gasteiger partial charge in [0.25, 0.3) is 0 Å². The van der Waals surface area contributed by atoms with E-state index in [2.05, 4.69) is 33.6 Å². The summed E-state index contributed by atoms with van der Waals surface area (Å²) < 4.78 is 0. The number of hydrogen-bond donors (Lipinski definition) is 8.